The van der Waals surface area contributed by atoms with Gasteiger partial charge in [0.2, 0.25) is 0 Å². The van der Waals surface area contributed by atoms with Crippen molar-refractivity contribution >= 4 is 23.8 Å². The van der Waals surface area contributed by atoms with Crippen molar-refractivity contribution in [2.75, 3.05) is 6.61 Å². The van der Waals surface area contributed by atoms with Gasteiger partial charge in [0.25, 0.3) is 0 Å². The molecule has 34 heavy (non-hydrogen) atoms. The molecule has 0 saturated heterocycles. The van der Waals surface area contributed by atoms with Crippen LogP contribution in [-0.2, 0) is 30.4 Å². The molecule has 1 amide bonds. The maximum atomic E-state index is 12.8. The van der Waals surface area contributed by atoms with Crippen LogP contribution >= 0.6 is 0 Å². The first kappa shape index (κ1) is 26.6. The predicted octanol–water partition coefficient (Wildman–Crippen LogP) is 4.06. The molecular formula is C26H31NO7. The fraction of sp³-hybridized carbons (Fsp3) is 0.385. The lowest BCUT2D eigenvalue weighted by atomic mass is 10.0. The van der Waals surface area contributed by atoms with Crippen molar-refractivity contribution in [2.24, 2.45) is 0 Å². The summed E-state index contributed by atoms with van der Waals surface area (Å²) < 4.78 is 15.6. The molecule has 0 aliphatic carbocycles. The summed E-state index contributed by atoms with van der Waals surface area (Å²) in [6, 6.07) is 13.1. The lowest BCUT2D eigenvalue weighted by Gasteiger charge is -2.22. The monoisotopic (exact) mass is 469 g/mol. The van der Waals surface area contributed by atoms with Gasteiger partial charge in [-0.25, -0.2) is 9.59 Å². The van der Waals surface area contributed by atoms with Crippen molar-refractivity contribution in [3.8, 4) is 0 Å². The van der Waals surface area contributed by atoms with Crippen LogP contribution in [0.4, 0.5) is 4.79 Å². The third kappa shape index (κ3) is 8.69. The highest BCUT2D eigenvalue weighted by molar-refractivity contribution is 5.96. The SMILES string of the molecule is Cc1cccc(C)c1C(=O)OCC(=O)[C@H](CC(=O)OC(C)(C)C)NC(=O)OCc1ccccc1. The standard InChI is InChI=1S/C26H31NO7/c1-17-10-9-11-18(2)23(17)24(30)32-16-21(28)20(14-22(29)34-26(3,4)5)27-25(31)33-15-19-12-7-6-8-13-19/h6-13,20H,14-16H2,1-5H3,(H,27,31)/t20-/m0/s1. The van der Waals surface area contributed by atoms with Crippen LogP contribution in [0, 0.1) is 13.8 Å². The molecule has 2 rings (SSSR count). The van der Waals surface area contributed by atoms with E-state index in [0.717, 1.165) is 5.56 Å². The average molecular weight is 470 g/mol. The minimum Gasteiger partial charge on any atom is -0.460 e. The van der Waals surface area contributed by atoms with E-state index in [0.29, 0.717) is 16.7 Å². The predicted molar refractivity (Wildman–Crippen MR) is 125 cm³/mol. The summed E-state index contributed by atoms with van der Waals surface area (Å²) in [5, 5.41) is 2.39. The molecule has 0 unspecified atom stereocenters. The molecule has 0 saturated carbocycles. The Morgan fingerprint density at radius 2 is 1.50 bits per heavy atom. The number of rotatable bonds is 9. The number of alkyl carbamates (subject to hydrolysis) is 1. The number of carbonyl (C=O) groups excluding carboxylic acids is 4. The quantitative estimate of drug-likeness (QED) is 0.436. The number of carbonyl (C=O) groups is 4. The van der Waals surface area contributed by atoms with Crippen molar-refractivity contribution in [1.29, 1.82) is 0 Å². The van der Waals surface area contributed by atoms with Crippen molar-refractivity contribution in [3.63, 3.8) is 0 Å². The highest BCUT2D eigenvalue weighted by Crippen LogP contribution is 2.15. The van der Waals surface area contributed by atoms with Gasteiger partial charge in [-0.2, -0.15) is 0 Å². The summed E-state index contributed by atoms with van der Waals surface area (Å²) >= 11 is 0. The van der Waals surface area contributed by atoms with E-state index in [1.807, 2.05) is 12.1 Å². The average Bonchev–Trinajstić information content (AvgIpc) is 2.75. The van der Waals surface area contributed by atoms with Gasteiger partial charge in [-0.3, -0.25) is 9.59 Å². The lowest BCUT2D eigenvalue weighted by molar-refractivity contribution is -0.156. The Labute approximate surface area is 199 Å². The van der Waals surface area contributed by atoms with E-state index in [1.165, 1.54) is 0 Å². The van der Waals surface area contributed by atoms with Crippen LogP contribution in [0.2, 0.25) is 0 Å². The molecule has 1 N–H and O–H groups in total. The van der Waals surface area contributed by atoms with Crippen LogP contribution in [0.3, 0.4) is 0 Å². The number of ketones is 1. The number of hydrogen-bond donors (Lipinski definition) is 1. The fourth-order valence-corrected chi connectivity index (χ4v) is 3.15. The topological polar surface area (TPSA) is 108 Å². The molecule has 1 atom stereocenters. The van der Waals surface area contributed by atoms with Crippen molar-refractivity contribution in [2.45, 2.75) is 59.3 Å². The van der Waals surface area contributed by atoms with Gasteiger partial charge in [0.15, 0.2) is 12.4 Å². The fourth-order valence-electron chi connectivity index (χ4n) is 3.15. The largest absolute Gasteiger partial charge is 0.460 e. The second kappa shape index (κ2) is 12.0. The minimum absolute atomic E-state index is 0.0123. The molecule has 0 aliphatic rings. The van der Waals surface area contributed by atoms with Gasteiger partial charge in [0.1, 0.15) is 18.2 Å². The van der Waals surface area contributed by atoms with E-state index >= 15 is 0 Å². The smallest absolute Gasteiger partial charge is 0.408 e. The van der Waals surface area contributed by atoms with Crippen LogP contribution in [0.25, 0.3) is 0 Å². The normalized spacial score (nSPS) is 11.8. The second-order valence-corrected chi connectivity index (χ2v) is 8.86. The van der Waals surface area contributed by atoms with Crippen LogP contribution in [0.5, 0.6) is 0 Å². The molecule has 0 aromatic heterocycles. The van der Waals surface area contributed by atoms with E-state index in [2.05, 4.69) is 5.32 Å². The maximum Gasteiger partial charge on any atom is 0.408 e. The van der Waals surface area contributed by atoms with Gasteiger partial charge < -0.3 is 19.5 Å². The summed E-state index contributed by atoms with van der Waals surface area (Å²) in [5.41, 5.74) is 1.79. The number of aryl methyl sites for hydroxylation is 2. The number of nitrogens with one attached hydrogen (secondary N) is 1. The molecule has 0 bridgehead atoms. The molecule has 8 nitrogen and oxygen atoms in total. The summed E-state index contributed by atoms with van der Waals surface area (Å²) in [7, 11) is 0. The molecule has 0 spiro atoms. The second-order valence-electron chi connectivity index (χ2n) is 8.86. The Bertz CT molecular complexity index is 1000. The van der Waals surface area contributed by atoms with Crippen molar-refractivity contribution in [3.05, 3.63) is 70.8 Å². The minimum atomic E-state index is -1.29. The zero-order chi connectivity index (χ0) is 25.3. The molecule has 8 heteroatoms. The Morgan fingerprint density at radius 1 is 0.882 bits per heavy atom. The van der Waals surface area contributed by atoms with Crippen molar-refractivity contribution < 1.29 is 33.4 Å². The molecule has 0 heterocycles. The molecular weight excluding hydrogens is 438 g/mol. The summed E-state index contributed by atoms with van der Waals surface area (Å²) in [5.74, 6) is -2.01. The molecule has 182 valence electrons. The highest BCUT2D eigenvalue weighted by atomic mass is 16.6. The highest BCUT2D eigenvalue weighted by Gasteiger charge is 2.28. The van der Waals surface area contributed by atoms with E-state index in [1.54, 1.807) is 71.0 Å². The van der Waals surface area contributed by atoms with Crippen LogP contribution in [-0.4, -0.2) is 42.1 Å². The molecule has 2 aromatic rings. The van der Waals surface area contributed by atoms with Gasteiger partial charge in [0.05, 0.1) is 12.0 Å². The number of hydrogen-bond acceptors (Lipinski definition) is 7. The Balaban J connectivity index is 2.04. The number of esters is 2. The first-order valence-corrected chi connectivity index (χ1v) is 10.9. The van der Waals surface area contributed by atoms with E-state index < -0.39 is 48.5 Å². The molecule has 2 aromatic carbocycles. The van der Waals surface area contributed by atoms with E-state index in [-0.39, 0.29) is 6.61 Å². The summed E-state index contributed by atoms with van der Waals surface area (Å²) in [6.45, 7) is 7.96. The Kier molecular flexibility index (Phi) is 9.36. The summed E-state index contributed by atoms with van der Waals surface area (Å²) in [6.07, 6.45) is -1.32. The maximum absolute atomic E-state index is 12.8. The van der Waals surface area contributed by atoms with Gasteiger partial charge in [-0.15, -0.1) is 0 Å². The summed E-state index contributed by atoms with van der Waals surface area (Å²) in [4.78, 5) is 49.9. The zero-order valence-corrected chi connectivity index (χ0v) is 20.2. The Hall–Kier alpha value is -3.68. The first-order chi connectivity index (χ1) is 16.0. The van der Waals surface area contributed by atoms with Gasteiger partial charge in [0, 0.05) is 0 Å². The van der Waals surface area contributed by atoms with E-state index in [9.17, 15) is 19.2 Å². The van der Waals surface area contributed by atoms with Gasteiger partial charge >= 0.3 is 18.0 Å². The van der Waals surface area contributed by atoms with Crippen LogP contribution < -0.4 is 5.32 Å². The third-order valence-electron chi connectivity index (χ3n) is 4.72. The van der Waals surface area contributed by atoms with E-state index in [4.69, 9.17) is 14.2 Å². The molecule has 0 radical (unpaired) electrons. The van der Waals surface area contributed by atoms with Gasteiger partial charge in [-0.05, 0) is 51.3 Å². The third-order valence-corrected chi connectivity index (χ3v) is 4.72. The number of amides is 1. The first-order valence-electron chi connectivity index (χ1n) is 10.9. The number of ether oxygens (including phenoxy) is 3. The lowest BCUT2D eigenvalue weighted by Crippen LogP contribution is -2.45. The van der Waals surface area contributed by atoms with Gasteiger partial charge in [-0.1, -0.05) is 48.5 Å². The number of Topliss-reactive ketones (excluding diaryl/α,β-unsaturated/α-hetero) is 1. The molecule has 0 aliphatic heterocycles. The van der Waals surface area contributed by atoms with Crippen LogP contribution in [0.1, 0.15) is 54.2 Å². The number of benzene rings is 2. The molecule has 0 fully saturated rings. The van der Waals surface area contributed by atoms with Crippen molar-refractivity contribution in [1.82, 2.24) is 5.32 Å². The Morgan fingerprint density at radius 3 is 2.09 bits per heavy atom. The van der Waals surface area contributed by atoms with Crippen LogP contribution in [0.15, 0.2) is 48.5 Å². The zero-order valence-electron chi connectivity index (χ0n) is 20.2.